The predicted octanol–water partition coefficient (Wildman–Crippen LogP) is 1.76. The van der Waals surface area contributed by atoms with Crippen molar-refractivity contribution >= 4 is 10.0 Å². The third-order valence-electron chi connectivity index (χ3n) is 4.83. The Morgan fingerprint density at radius 3 is 2.75 bits per heavy atom. The Morgan fingerprint density at radius 2 is 2.20 bits per heavy atom. The molecule has 1 aromatic heterocycles. The monoisotopic (exact) mass is 298 g/mol. The highest BCUT2D eigenvalue weighted by molar-refractivity contribution is 7.89. The van der Waals surface area contributed by atoms with E-state index in [1.54, 1.807) is 6.92 Å². The molecule has 0 aliphatic heterocycles. The molecule has 1 aromatic rings. The number of hydrogen-bond acceptors (Lipinski definition) is 4. The Morgan fingerprint density at radius 1 is 1.40 bits per heavy atom. The lowest BCUT2D eigenvalue weighted by atomic mass is 9.89. The van der Waals surface area contributed by atoms with E-state index in [-0.39, 0.29) is 11.4 Å². The van der Waals surface area contributed by atoms with Crippen molar-refractivity contribution < 1.29 is 12.8 Å². The standard InChI is InChI=1S/C14H22N2O3S/c1-9-14(6-13(7-15)19-9)20(17,18)16-8-12-5-10-2-3-11(12)4-10/h6,10-12,16H,2-5,7-8,15H2,1H3. The molecule has 3 N–H and O–H groups in total. The minimum absolute atomic E-state index is 0.211. The van der Waals surface area contributed by atoms with E-state index < -0.39 is 10.0 Å². The van der Waals surface area contributed by atoms with Crippen LogP contribution in [-0.4, -0.2) is 15.0 Å². The summed E-state index contributed by atoms with van der Waals surface area (Å²) in [6.07, 6.45) is 5.05. The maximum absolute atomic E-state index is 12.3. The highest BCUT2D eigenvalue weighted by atomic mass is 32.2. The fourth-order valence-corrected chi connectivity index (χ4v) is 5.11. The van der Waals surface area contributed by atoms with E-state index in [1.807, 2.05) is 0 Å². The molecule has 112 valence electrons. The quantitative estimate of drug-likeness (QED) is 0.867. The van der Waals surface area contributed by atoms with Crippen LogP contribution in [0, 0.1) is 24.7 Å². The smallest absolute Gasteiger partial charge is 0.244 e. The van der Waals surface area contributed by atoms with E-state index in [9.17, 15) is 8.42 Å². The van der Waals surface area contributed by atoms with E-state index in [4.69, 9.17) is 10.2 Å². The molecule has 3 unspecified atom stereocenters. The molecule has 2 fully saturated rings. The van der Waals surface area contributed by atoms with E-state index in [0.717, 1.165) is 5.92 Å². The van der Waals surface area contributed by atoms with Crippen LogP contribution in [0.25, 0.3) is 0 Å². The second-order valence-corrected chi connectivity index (χ2v) is 7.86. The normalized spacial score (nSPS) is 29.2. The molecule has 3 rings (SSSR count). The van der Waals surface area contributed by atoms with Crippen molar-refractivity contribution in [2.24, 2.45) is 23.5 Å². The number of hydrogen-bond donors (Lipinski definition) is 2. The minimum atomic E-state index is -3.48. The van der Waals surface area contributed by atoms with E-state index >= 15 is 0 Å². The number of nitrogens with one attached hydrogen (secondary N) is 1. The van der Waals surface area contributed by atoms with E-state index in [0.29, 0.717) is 29.9 Å². The topological polar surface area (TPSA) is 85.3 Å². The van der Waals surface area contributed by atoms with Gasteiger partial charge in [-0.1, -0.05) is 6.42 Å². The van der Waals surface area contributed by atoms with Crippen LogP contribution in [0.1, 0.15) is 37.2 Å². The lowest BCUT2D eigenvalue weighted by Gasteiger charge is -2.21. The minimum Gasteiger partial charge on any atom is -0.464 e. The van der Waals surface area contributed by atoms with Crippen molar-refractivity contribution in [3.63, 3.8) is 0 Å². The molecule has 0 saturated heterocycles. The lowest BCUT2D eigenvalue weighted by Crippen LogP contribution is -2.31. The zero-order valence-corrected chi connectivity index (χ0v) is 12.6. The van der Waals surface area contributed by atoms with Gasteiger partial charge in [0.25, 0.3) is 0 Å². The molecule has 2 bridgehead atoms. The number of sulfonamides is 1. The number of rotatable bonds is 5. The average molecular weight is 298 g/mol. The van der Waals surface area contributed by atoms with Gasteiger partial charge in [-0.15, -0.1) is 0 Å². The van der Waals surface area contributed by atoms with Crippen molar-refractivity contribution in [3.05, 3.63) is 17.6 Å². The summed E-state index contributed by atoms with van der Waals surface area (Å²) in [5, 5.41) is 0. The summed E-state index contributed by atoms with van der Waals surface area (Å²) < 4.78 is 32.7. The first-order valence-electron chi connectivity index (χ1n) is 7.28. The van der Waals surface area contributed by atoms with Gasteiger partial charge in [0.2, 0.25) is 10.0 Å². The van der Waals surface area contributed by atoms with Crippen molar-refractivity contribution in [2.45, 2.75) is 44.0 Å². The third-order valence-corrected chi connectivity index (χ3v) is 6.37. The molecule has 2 saturated carbocycles. The Hall–Kier alpha value is -0.850. The van der Waals surface area contributed by atoms with Gasteiger partial charge in [-0.3, -0.25) is 0 Å². The van der Waals surface area contributed by atoms with Crippen LogP contribution in [0.4, 0.5) is 0 Å². The first-order valence-corrected chi connectivity index (χ1v) is 8.77. The molecule has 1 heterocycles. The molecule has 3 atom stereocenters. The van der Waals surface area contributed by atoms with Crippen molar-refractivity contribution in [2.75, 3.05) is 6.54 Å². The van der Waals surface area contributed by atoms with Gasteiger partial charge in [-0.25, -0.2) is 13.1 Å². The van der Waals surface area contributed by atoms with Gasteiger partial charge in [0, 0.05) is 12.6 Å². The highest BCUT2D eigenvalue weighted by Crippen LogP contribution is 2.48. The second kappa shape index (κ2) is 5.16. The Bertz CT molecular complexity index is 594. The van der Waals surface area contributed by atoms with Crippen molar-refractivity contribution in [3.8, 4) is 0 Å². The first kappa shape index (κ1) is 14.1. The number of aryl methyl sites for hydroxylation is 1. The van der Waals surface area contributed by atoms with Crippen LogP contribution < -0.4 is 10.5 Å². The van der Waals surface area contributed by atoms with Crippen molar-refractivity contribution in [1.82, 2.24) is 4.72 Å². The van der Waals surface area contributed by atoms with Gasteiger partial charge in [-0.05, 0) is 43.9 Å². The molecule has 5 nitrogen and oxygen atoms in total. The molecule has 0 radical (unpaired) electrons. The molecule has 0 aromatic carbocycles. The van der Waals surface area contributed by atoms with Gasteiger partial charge in [0.15, 0.2) is 0 Å². The number of fused-ring (bicyclic) bond motifs is 2. The first-order chi connectivity index (χ1) is 9.49. The summed E-state index contributed by atoms with van der Waals surface area (Å²) in [5.74, 6) is 2.96. The van der Waals surface area contributed by atoms with Gasteiger partial charge < -0.3 is 10.2 Å². The van der Waals surface area contributed by atoms with Gasteiger partial charge >= 0.3 is 0 Å². The maximum atomic E-state index is 12.3. The maximum Gasteiger partial charge on any atom is 0.244 e. The zero-order chi connectivity index (χ0) is 14.3. The molecular formula is C14H22N2O3S. The van der Waals surface area contributed by atoms with Crippen LogP contribution >= 0.6 is 0 Å². The SMILES string of the molecule is Cc1oc(CN)cc1S(=O)(=O)NCC1CC2CCC1C2. The largest absolute Gasteiger partial charge is 0.464 e. The molecule has 20 heavy (non-hydrogen) atoms. The Kier molecular flexibility index (Phi) is 3.64. The van der Waals surface area contributed by atoms with Crippen LogP contribution in [0.2, 0.25) is 0 Å². The molecular weight excluding hydrogens is 276 g/mol. The molecule has 2 aliphatic rings. The van der Waals surface area contributed by atoms with Gasteiger partial charge in [0.1, 0.15) is 16.4 Å². The average Bonchev–Trinajstić information content (AvgIpc) is 3.10. The summed E-state index contributed by atoms with van der Waals surface area (Å²) >= 11 is 0. The van der Waals surface area contributed by atoms with Gasteiger partial charge in [0.05, 0.1) is 6.54 Å². The fraction of sp³-hybridized carbons (Fsp3) is 0.714. The van der Waals surface area contributed by atoms with E-state index in [2.05, 4.69) is 4.72 Å². The van der Waals surface area contributed by atoms with Crippen LogP contribution in [0.3, 0.4) is 0 Å². The lowest BCUT2D eigenvalue weighted by molar-refractivity contribution is 0.332. The third kappa shape index (κ3) is 2.52. The number of nitrogens with two attached hydrogens (primary N) is 1. The van der Waals surface area contributed by atoms with Gasteiger partial charge in [-0.2, -0.15) is 0 Å². The van der Waals surface area contributed by atoms with E-state index in [1.165, 1.54) is 31.7 Å². The summed E-state index contributed by atoms with van der Waals surface area (Å²) in [7, 11) is -3.48. The van der Waals surface area contributed by atoms with Crippen LogP contribution in [0.15, 0.2) is 15.4 Å². The Balaban J connectivity index is 1.67. The molecule has 2 aliphatic carbocycles. The predicted molar refractivity (Wildman–Crippen MR) is 75.5 cm³/mol. The molecule has 0 spiro atoms. The Labute approximate surface area is 120 Å². The van der Waals surface area contributed by atoms with Crippen LogP contribution in [-0.2, 0) is 16.6 Å². The summed E-state index contributed by atoms with van der Waals surface area (Å²) in [6.45, 7) is 2.42. The van der Waals surface area contributed by atoms with Crippen LogP contribution in [0.5, 0.6) is 0 Å². The fourth-order valence-electron chi connectivity index (χ4n) is 3.81. The number of furan rings is 1. The summed E-state index contributed by atoms with van der Waals surface area (Å²) in [5.41, 5.74) is 5.48. The molecule has 0 amide bonds. The molecule has 6 heteroatoms. The zero-order valence-electron chi connectivity index (χ0n) is 11.8. The second-order valence-electron chi connectivity index (χ2n) is 6.12. The summed E-state index contributed by atoms with van der Waals surface area (Å²) in [4.78, 5) is 0.223. The highest BCUT2D eigenvalue weighted by Gasteiger charge is 2.39. The van der Waals surface area contributed by atoms with Crippen molar-refractivity contribution in [1.29, 1.82) is 0 Å². The summed E-state index contributed by atoms with van der Waals surface area (Å²) in [6, 6.07) is 1.53.